The maximum Gasteiger partial charge on any atom is 0.219 e. The third-order valence-electron chi connectivity index (χ3n) is 2.41. The van der Waals surface area contributed by atoms with Crippen LogP contribution in [0.25, 0.3) is 0 Å². The molecule has 1 heterocycles. The lowest BCUT2D eigenvalue weighted by Crippen LogP contribution is -2.55. The van der Waals surface area contributed by atoms with Gasteiger partial charge in [0.25, 0.3) is 0 Å². The molecule has 0 unspecified atom stereocenters. The Labute approximate surface area is 97.2 Å². The van der Waals surface area contributed by atoms with Crippen molar-refractivity contribution in [1.82, 2.24) is 4.90 Å². The third-order valence-corrected chi connectivity index (χ3v) is 2.94. The zero-order valence-electron chi connectivity index (χ0n) is 8.44. The van der Waals surface area contributed by atoms with E-state index < -0.39 is 0 Å². The van der Waals surface area contributed by atoms with E-state index in [0.717, 1.165) is 10.2 Å². The molecule has 2 rings (SSSR count). The summed E-state index contributed by atoms with van der Waals surface area (Å²) in [7, 11) is 0. The summed E-state index contributed by atoms with van der Waals surface area (Å²) in [5.74, 6) is 0.969. The molecule has 0 spiro atoms. The van der Waals surface area contributed by atoms with E-state index in [-0.39, 0.29) is 12.0 Å². The zero-order valence-corrected chi connectivity index (χ0v) is 10.0. The van der Waals surface area contributed by atoms with Crippen LogP contribution in [0.4, 0.5) is 0 Å². The molecule has 1 aliphatic rings. The van der Waals surface area contributed by atoms with Gasteiger partial charge in [-0.25, -0.2) is 0 Å². The van der Waals surface area contributed by atoms with Gasteiger partial charge in [-0.2, -0.15) is 0 Å². The SMILES string of the molecule is CC(=O)N1CC(Oc2ccc(Br)cc2)C1. The first-order valence-corrected chi connectivity index (χ1v) is 5.62. The van der Waals surface area contributed by atoms with Crippen LogP contribution in [0.1, 0.15) is 6.92 Å². The van der Waals surface area contributed by atoms with Gasteiger partial charge in [-0.3, -0.25) is 4.79 Å². The molecule has 1 aliphatic heterocycles. The number of amides is 1. The van der Waals surface area contributed by atoms with Crippen LogP contribution < -0.4 is 4.74 Å². The van der Waals surface area contributed by atoms with Gasteiger partial charge in [-0.15, -0.1) is 0 Å². The highest BCUT2D eigenvalue weighted by molar-refractivity contribution is 9.10. The van der Waals surface area contributed by atoms with E-state index in [4.69, 9.17) is 4.74 Å². The van der Waals surface area contributed by atoms with Crippen molar-refractivity contribution in [3.63, 3.8) is 0 Å². The van der Waals surface area contributed by atoms with Crippen LogP contribution in [0.15, 0.2) is 28.7 Å². The molecule has 0 atom stereocenters. The smallest absolute Gasteiger partial charge is 0.219 e. The standard InChI is InChI=1S/C11H12BrNO2/c1-8(14)13-6-11(7-13)15-10-4-2-9(12)3-5-10/h2-5,11H,6-7H2,1H3. The fourth-order valence-corrected chi connectivity index (χ4v) is 1.74. The number of carbonyl (C=O) groups excluding carboxylic acids is 1. The third kappa shape index (κ3) is 2.50. The normalized spacial score (nSPS) is 16.0. The fraction of sp³-hybridized carbons (Fsp3) is 0.364. The highest BCUT2D eigenvalue weighted by Gasteiger charge is 2.29. The first-order valence-electron chi connectivity index (χ1n) is 4.83. The highest BCUT2D eigenvalue weighted by atomic mass is 79.9. The Kier molecular flexibility index (Phi) is 2.95. The molecule has 0 bridgehead atoms. The van der Waals surface area contributed by atoms with E-state index >= 15 is 0 Å². The Morgan fingerprint density at radius 1 is 1.40 bits per heavy atom. The molecule has 0 N–H and O–H groups in total. The predicted octanol–water partition coefficient (Wildman–Crippen LogP) is 2.06. The Bertz CT molecular complexity index is 357. The van der Waals surface area contributed by atoms with Crippen molar-refractivity contribution < 1.29 is 9.53 Å². The first-order chi connectivity index (χ1) is 7.15. The number of rotatable bonds is 2. The van der Waals surface area contributed by atoms with E-state index in [1.807, 2.05) is 24.3 Å². The Hall–Kier alpha value is -1.03. The minimum atomic E-state index is 0.116. The van der Waals surface area contributed by atoms with Crippen LogP contribution >= 0.6 is 15.9 Å². The maximum atomic E-state index is 10.9. The molecule has 80 valence electrons. The zero-order chi connectivity index (χ0) is 10.8. The summed E-state index contributed by atoms with van der Waals surface area (Å²) in [5.41, 5.74) is 0. The second-order valence-electron chi connectivity index (χ2n) is 3.62. The van der Waals surface area contributed by atoms with Gasteiger partial charge in [0.2, 0.25) is 5.91 Å². The number of ether oxygens (including phenoxy) is 1. The van der Waals surface area contributed by atoms with Crippen LogP contribution in [0.3, 0.4) is 0 Å². The Morgan fingerprint density at radius 2 is 2.00 bits per heavy atom. The van der Waals surface area contributed by atoms with Gasteiger partial charge >= 0.3 is 0 Å². The second-order valence-corrected chi connectivity index (χ2v) is 4.53. The summed E-state index contributed by atoms with van der Waals surface area (Å²) in [5, 5.41) is 0. The largest absolute Gasteiger partial charge is 0.487 e. The summed E-state index contributed by atoms with van der Waals surface area (Å²) in [6.45, 7) is 2.98. The van der Waals surface area contributed by atoms with Crippen molar-refractivity contribution in [2.75, 3.05) is 13.1 Å². The van der Waals surface area contributed by atoms with E-state index in [0.29, 0.717) is 13.1 Å². The summed E-state index contributed by atoms with van der Waals surface area (Å²) in [6.07, 6.45) is 0.148. The minimum absolute atomic E-state index is 0.116. The summed E-state index contributed by atoms with van der Waals surface area (Å²) >= 11 is 3.36. The average molecular weight is 270 g/mol. The number of benzene rings is 1. The lowest BCUT2D eigenvalue weighted by atomic mass is 10.1. The molecule has 1 aromatic carbocycles. The van der Waals surface area contributed by atoms with E-state index in [2.05, 4.69) is 15.9 Å². The van der Waals surface area contributed by atoms with Crippen LogP contribution in [0.5, 0.6) is 5.75 Å². The van der Waals surface area contributed by atoms with Crippen LogP contribution in [-0.4, -0.2) is 30.0 Å². The van der Waals surface area contributed by atoms with E-state index in [1.165, 1.54) is 0 Å². The van der Waals surface area contributed by atoms with Crippen molar-refractivity contribution in [2.24, 2.45) is 0 Å². The van der Waals surface area contributed by atoms with Crippen LogP contribution in [0.2, 0.25) is 0 Å². The molecular weight excluding hydrogens is 258 g/mol. The molecule has 3 nitrogen and oxygen atoms in total. The van der Waals surface area contributed by atoms with Gasteiger partial charge in [0.05, 0.1) is 13.1 Å². The van der Waals surface area contributed by atoms with Crippen molar-refractivity contribution in [1.29, 1.82) is 0 Å². The molecule has 0 radical (unpaired) electrons. The van der Waals surface area contributed by atoms with Crippen molar-refractivity contribution in [3.05, 3.63) is 28.7 Å². The molecule has 15 heavy (non-hydrogen) atoms. The number of carbonyl (C=O) groups is 1. The Morgan fingerprint density at radius 3 is 2.53 bits per heavy atom. The minimum Gasteiger partial charge on any atom is -0.487 e. The van der Waals surface area contributed by atoms with Crippen molar-refractivity contribution in [3.8, 4) is 5.75 Å². The number of halogens is 1. The van der Waals surface area contributed by atoms with Gasteiger partial charge in [0.15, 0.2) is 0 Å². The Balaban J connectivity index is 1.85. The molecule has 1 saturated heterocycles. The molecule has 4 heteroatoms. The summed E-state index contributed by atoms with van der Waals surface area (Å²) in [4.78, 5) is 12.7. The predicted molar refractivity (Wildman–Crippen MR) is 60.8 cm³/mol. The molecule has 0 saturated carbocycles. The quantitative estimate of drug-likeness (QED) is 0.823. The molecule has 1 fully saturated rings. The monoisotopic (exact) mass is 269 g/mol. The molecular formula is C11H12BrNO2. The fourth-order valence-electron chi connectivity index (χ4n) is 1.48. The molecule has 1 amide bonds. The highest BCUT2D eigenvalue weighted by Crippen LogP contribution is 2.20. The van der Waals surface area contributed by atoms with Gasteiger partial charge in [0, 0.05) is 11.4 Å². The molecule has 0 aliphatic carbocycles. The average Bonchev–Trinajstić information content (AvgIpc) is 2.13. The summed E-state index contributed by atoms with van der Waals surface area (Å²) in [6, 6.07) is 7.72. The summed E-state index contributed by atoms with van der Waals surface area (Å²) < 4.78 is 6.71. The van der Waals surface area contributed by atoms with Gasteiger partial charge in [-0.05, 0) is 24.3 Å². The van der Waals surface area contributed by atoms with Gasteiger partial charge in [0.1, 0.15) is 11.9 Å². The second kappa shape index (κ2) is 4.23. The topological polar surface area (TPSA) is 29.5 Å². The van der Waals surface area contributed by atoms with Crippen LogP contribution in [0, 0.1) is 0 Å². The first kappa shape index (κ1) is 10.5. The number of nitrogens with zero attached hydrogens (tertiary/aromatic N) is 1. The maximum absolute atomic E-state index is 10.9. The van der Waals surface area contributed by atoms with E-state index in [1.54, 1.807) is 11.8 Å². The molecule has 0 aromatic heterocycles. The van der Waals surface area contributed by atoms with Gasteiger partial charge < -0.3 is 9.64 Å². The van der Waals surface area contributed by atoms with E-state index in [9.17, 15) is 4.79 Å². The van der Waals surface area contributed by atoms with Crippen molar-refractivity contribution >= 4 is 21.8 Å². The number of hydrogen-bond acceptors (Lipinski definition) is 2. The lowest BCUT2D eigenvalue weighted by Gasteiger charge is -2.38. The van der Waals surface area contributed by atoms with Gasteiger partial charge in [-0.1, -0.05) is 15.9 Å². The van der Waals surface area contributed by atoms with Crippen LogP contribution in [-0.2, 0) is 4.79 Å². The molecule has 1 aromatic rings. The number of hydrogen-bond donors (Lipinski definition) is 0. The number of likely N-dealkylation sites (tertiary alicyclic amines) is 1. The lowest BCUT2D eigenvalue weighted by molar-refractivity contribution is -0.137. The van der Waals surface area contributed by atoms with Crippen molar-refractivity contribution in [2.45, 2.75) is 13.0 Å².